The van der Waals surface area contributed by atoms with Gasteiger partial charge in [-0.05, 0) is 0 Å². The summed E-state index contributed by atoms with van der Waals surface area (Å²) in [5.74, 6) is -2.73. The summed E-state index contributed by atoms with van der Waals surface area (Å²) in [5, 5.41) is 11.6. The van der Waals surface area contributed by atoms with Crippen molar-refractivity contribution in [3.05, 3.63) is 0 Å². The van der Waals surface area contributed by atoms with Gasteiger partial charge >= 0.3 is 0 Å². The van der Waals surface area contributed by atoms with E-state index in [2.05, 4.69) is 5.32 Å². The van der Waals surface area contributed by atoms with Crippen LogP contribution >= 0.6 is 0 Å². The summed E-state index contributed by atoms with van der Waals surface area (Å²) in [5.41, 5.74) is -1.27. The maximum atomic E-state index is 13.1. The van der Waals surface area contributed by atoms with E-state index in [4.69, 9.17) is 5.11 Å². The van der Waals surface area contributed by atoms with Gasteiger partial charge in [-0.1, -0.05) is 6.92 Å². The van der Waals surface area contributed by atoms with Gasteiger partial charge in [-0.3, -0.25) is 0 Å². The molecular weight excluding hydrogens is 152 g/mol. The Hall–Kier alpha value is -0.220. The molecule has 0 spiro atoms. The molecule has 0 aromatic carbocycles. The Morgan fingerprint density at radius 3 is 2.55 bits per heavy atom. The van der Waals surface area contributed by atoms with Gasteiger partial charge < -0.3 is 10.4 Å². The molecule has 0 aromatic heterocycles. The van der Waals surface area contributed by atoms with E-state index in [-0.39, 0.29) is 13.0 Å². The van der Waals surface area contributed by atoms with Gasteiger partial charge in [0.05, 0.1) is 12.0 Å². The fourth-order valence-electron chi connectivity index (χ4n) is 1.21. The number of rotatable bonds is 1. The second kappa shape index (κ2) is 2.68. The van der Waals surface area contributed by atoms with E-state index in [1.165, 1.54) is 6.92 Å². The lowest BCUT2D eigenvalue weighted by Crippen LogP contribution is -2.54. The van der Waals surface area contributed by atoms with E-state index < -0.39 is 17.9 Å². The maximum absolute atomic E-state index is 13.1. The minimum atomic E-state index is -2.73. The zero-order valence-corrected chi connectivity index (χ0v) is 6.53. The van der Waals surface area contributed by atoms with Crippen molar-refractivity contribution in [3.63, 3.8) is 0 Å². The van der Waals surface area contributed by atoms with Crippen LogP contribution in [0.3, 0.4) is 0 Å². The van der Waals surface area contributed by atoms with Crippen molar-refractivity contribution >= 4 is 0 Å². The number of aliphatic hydroxyl groups is 1. The molecule has 2 nitrogen and oxygen atoms in total. The van der Waals surface area contributed by atoms with Crippen LogP contribution < -0.4 is 5.32 Å². The summed E-state index contributed by atoms with van der Waals surface area (Å²) in [6, 6.07) is 0. The highest BCUT2D eigenvalue weighted by molar-refractivity contribution is 4.94. The van der Waals surface area contributed by atoms with Crippen molar-refractivity contribution in [3.8, 4) is 0 Å². The van der Waals surface area contributed by atoms with Gasteiger partial charge in [-0.2, -0.15) is 0 Å². The average molecular weight is 165 g/mol. The molecule has 1 unspecified atom stereocenters. The van der Waals surface area contributed by atoms with Crippen LogP contribution in [0.2, 0.25) is 0 Å². The van der Waals surface area contributed by atoms with Crippen LogP contribution in [0.4, 0.5) is 8.78 Å². The molecule has 2 N–H and O–H groups in total. The summed E-state index contributed by atoms with van der Waals surface area (Å²) in [6.45, 7) is 1.46. The van der Waals surface area contributed by atoms with Crippen molar-refractivity contribution in [2.45, 2.75) is 19.3 Å². The molecule has 0 aromatic rings. The Morgan fingerprint density at radius 1 is 1.55 bits per heavy atom. The number of hydrogen-bond donors (Lipinski definition) is 2. The molecule has 0 bridgehead atoms. The predicted octanol–water partition coefficient (Wildman–Crippen LogP) is 0.614. The summed E-state index contributed by atoms with van der Waals surface area (Å²) < 4.78 is 26.1. The van der Waals surface area contributed by atoms with Crippen LogP contribution in [0.25, 0.3) is 0 Å². The highest BCUT2D eigenvalue weighted by atomic mass is 19.3. The summed E-state index contributed by atoms with van der Waals surface area (Å²) >= 11 is 0. The topological polar surface area (TPSA) is 32.3 Å². The molecule has 1 saturated heterocycles. The quantitative estimate of drug-likeness (QED) is 0.596. The fraction of sp³-hybridized carbons (Fsp3) is 1.00. The van der Waals surface area contributed by atoms with Gasteiger partial charge in [0.25, 0.3) is 5.92 Å². The number of piperidine rings is 1. The lowest BCUT2D eigenvalue weighted by atomic mass is 9.80. The van der Waals surface area contributed by atoms with Crippen molar-refractivity contribution in [2.75, 3.05) is 19.7 Å². The molecule has 11 heavy (non-hydrogen) atoms. The molecule has 1 fully saturated rings. The predicted molar refractivity (Wildman–Crippen MR) is 37.6 cm³/mol. The highest BCUT2D eigenvalue weighted by Gasteiger charge is 2.50. The van der Waals surface area contributed by atoms with Crippen molar-refractivity contribution < 1.29 is 13.9 Å². The van der Waals surface area contributed by atoms with Gasteiger partial charge in [-0.25, -0.2) is 8.78 Å². The van der Waals surface area contributed by atoms with Gasteiger partial charge in [-0.15, -0.1) is 0 Å². The second-order valence-electron chi connectivity index (χ2n) is 3.35. The van der Waals surface area contributed by atoms with Crippen LogP contribution in [0.1, 0.15) is 13.3 Å². The van der Waals surface area contributed by atoms with Crippen LogP contribution in [-0.4, -0.2) is 30.7 Å². The van der Waals surface area contributed by atoms with E-state index in [1.807, 2.05) is 0 Å². The van der Waals surface area contributed by atoms with E-state index in [0.717, 1.165) is 0 Å². The molecule has 0 aliphatic carbocycles. The average Bonchev–Trinajstić information content (AvgIpc) is 1.95. The molecule has 1 aliphatic rings. The molecule has 1 rings (SSSR count). The highest BCUT2D eigenvalue weighted by Crippen LogP contribution is 2.40. The number of aliphatic hydroxyl groups excluding tert-OH is 1. The van der Waals surface area contributed by atoms with E-state index in [9.17, 15) is 8.78 Å². The van der Waals surface area contributed by atoms with Crippen LogP contribution in [0, 0.1) is 5.41 Å². The summed E-state index contributed by atoms with van der Waals surface area (Å²) in [6.07, 6.45) is -0.177. The first kappa shape index (κ1) is 8.87. The van der Waals surface area contributed by atoms with Crippen molar-refractivity contribution in [1.29, 1.82) is 0 Å². The fourth-order valence-corrected chi connectivity index (χ4v) is 1.21. The Bertz CT molecular complexity index is 151. The second-order valence-corrected chi connectivity index (χ2v) is 3.35. The third-order valence-corrected chi connectivity index (χ3v) is 2.36. The monoisotopic (exact) mass is 165 g/mol. The number of nitrogens with one attached hydrogen (secondary N) is 1. The minimum Gasteiger partial charge on any atom is -0.396 e. The van der Waals surface area contributed by atoms with Gasteiger partial charge in [0, 0.05) is 19.5 Å². The Kier molecular flexibility index (Phi) is 2.16. The summed E-state index contributed by atoms with van der Waals surface area (Å²) in [4.78, 5) is 0. The minimum absolute atomic E-state index is 0.177. The smallest absolute Gasteiger partial charge is 0.258 e. The van der Waals surface area contributed by atoms with Crippen LogP contribution in [-0.2, 0) is 0 Å². The third kappa shape index (κ3) is 1.37. The van der Waals surface area contributed by atoms with E-state index >= 15 is 0 Å². The van der Waals surface area contributed by atoms with Crippen molar-refractivity contribution in [2.24, 2.45) is 5.41 Å². The summed E-state index contributed by atoms with van der Waals surface area (Å²) in [7, 11) is 0. The standard InChI is InChI=1S/C7H13F2NO/c1-6(5-11)4-10-3-2-7(6,8)9/h10-11H,2-5H2,1H3. The molecule has 4 heteroatoms. The Morgan fingerprint density at radius 2 is 2.18 bits per heavy atom. The first-order valence-corrected chi connectivity index (χ1v) is 3.71. The van der Waals surface area contributed by atoms with Gasteiger partial charge in [0.15, 0.2) is 0 Å². The molecule has 0 amide bonds. The van der Waals surface area contributed by atoms with Gasteiger partial charge in [0.2, 0.25) is 0 Å². The number of halogens is 2. The zero-order chi connectivity index (χ0) is 8.54. The number of hydrogen-bond acceptors (Lipinski definition) is 2. The van der Waals surface area contributed by atoms with E-state index in [0.29, 0.717) is 6.54 Å². The normalized spacial score (nSPS) is 37.1. The Balaban J connectivity index is 2.74. The molecule has 0 radical (unpaired) electrons. The molecule has 1 heterocycles. The lowest BCUT2D eigenvalue weighted by Gasteiger charge is -2.39. The maximum Gasteiger partial charge on any atom is 0.258 e. The molecule has 0 saturated carbocycles. The van der Waals surface area contributed by atoms with Crippen LogP contribution in [0.5, 0.6) is 0 Å². The molecule has 1 aliphatic heterocycles. The Labute approximate surface area is 64.6 Å². The molecular formula is C7H13F2NO. The molecule has 1 atom stereocenters. The van der Waals surface area contributed by atoms with E-state index in [1.54, 1.807) is 0 Å². The van der Waals surface area contributed by atoms with Gasteiger partial charge in [0.1, 0.15) is 0 Å². The first-order chi connectivity index (χ1) is 5.02. The van der Waals surface area contributed by atoms with Crippen molar-refractivity contribution in [1.82, 2.24) is 5.32 Å². The third-order valence-electron chi connectivity index (χ3n) is 2.36. The number of alkyl halides is 2. The first-order valence-electron chi connectivity index (χ1n) is 3.71. The van der Waals surface area contributed by atoms with Crippen LogP contribution in [0.15, 0.2) is 0 Å². The zero-order valence-electron chi connectivity index (χ0n) is 6.53. The molecule has 66 valence electrons. The largest absolute Gasteiger partial charge is 0.396 e. The SMILES string of the molecule is CC1(CO)CNCCC1(F)F. The lowest BCUT2D eigenvalue weighted by molar-refractivity contribution is -0.150.